The van der Waals surface area contributed by atoms with Crippen LogP contribution in [-0.2, 0) is 0 Å². The molecule has 1 fully saturated rings. The summed E-state index contributed by atoms with van der Waals surface area (Å²) >= 11 is 3.50. The summed E-state index contributed by atoms with van der Waals surface area (Å²) in [6, 6.07) is 9.42. The van der Waals surface area contributed by atoms with Crippen LogP contribution in [0.4, 0.5) is 11.5 Å². The fraction of sp³-hybridized carbons (Fsp3) is 0.333. The van der Waals surface area contributed by atoms with E-state index in [0.717, 1.165) is 41.8 Å². The second-order valence-corrected chi connectivity index (χ2v) is 6.62. The normalized spacial score (nSPS) is 14.3. The number of aromatic nitrogens is 1. The van der Waals surface area contributed by atoms with Crippen LogP contribution in [0, 0.1) is 0 Å². The molecule has 6 heteroatoms. The van der Waals surface area contributed by atoms with Gasteiger partial charge in [-0.3, -0.25) is 4.79 Å². The van der Waals surface area contributed by atoms with Gasteiger partial charge in [0, 0.05) is 25.0 Å². The van der Waals surface area contributed by atoms with Crippen LogP contribution in [0.3, 0.4) is 0 Å². The molecule has 0 radical (unpaired) electrons. The van der Waals surface area contributed by atoms with Crippen molar-refractivity contribution in [2.75, 3.05) is 25.5 Å². The maximum Gasteiger partial charge on any atom is 0.255 e. The fourth-order valence-corrected chi connectivity index (χ4v) is 3.19. The van der Waals surface area contributed by atoms with Gasteiger partial charge in [-0.15, -0.1) is 0 Å². The Bertz CT molecular complexity index is 713. The lowest BCUT2D eigenvalue weighted by Crippen LogP contribution is -2.35. The van der Waals surface area contributed by atoms with E-state index in [9.17, 15) is 4.79 Å². The van der Waals surface area contributed by atoms with E-state index in [1.54, 1.807) is 13.3 Å². The number of benzene rings is 1. The number of ether oxygens (including phenoxy) is 1. The highest BCUT2D eigenvalue weighted by molar-refractivity contribution is 9.10. The van der Waals surface area contributed by atoms with Gasteiger partial charge in [0.25, 0.3) is 5.91 Å². The lowest BCUT2D eigenvalue weighted by molar-refractivity contribution is 0.0724. The van der Waals surface area contributed by atoms with Gasteiger partial charge < -0.3 is 15.0 Å². The summed E-state index contributed by atoms with van der Waals surface area (Å²) in [6.45, 7) is 1.67. The van der Waals surface area contributed by atoms with E-state index < -0.39 is 0 Å². The highest BCUT2D eigenvalue weighted by Gasteiger charge is 2.19. The summed E-state index contributed by atoms with van der Waals surface area (Å²) in [5, 5.41) is 3.23. The quantitative estimate of drug-likeness (QED) is 0.849. The van der Waals surface area contributed by atoms with Crippen molar-refractivity contribution >= 4 is 33.3 Å². The summed E-state index contributed by atoms with van der Waals surface area (Å²) < 4.78 is 5.91. The van der Waals surface area contributed by atoms with Gasteiger partial charge in [0.15, 0.2) is 0 Å². The van der Waals surface area contributed by atoms with E-state index in [-0.39, 0.29) is 5.91 Å². The van der Waals surface area contributed by atoms with Crippen molar-refractivity contribution < 1.29 is 9.53 Å². The van der Waals surface area contributed by atoms with Gasteiger partial charge in [-0.25, -0.2) is 4.98 Å². The first-order chi connectivity index (χ1) is 11.7. The molecule has 3 rings (SSSR count). The van der Waals surface area contributed by atoms with Crippen molar-refractivity contribution in [2.45, 2.75) is 19.3 Å². The Morgan fingerprint density at radius 1 is 1.21 bits per heavy atom. The van der Waals surface area contributed by atoms with Crippen LogP contribution in [0.1, 0.15) is 29.6 Å². The number of carbonyl (C=O) groups excluding carboxylic acids is 1. The third kappa shape index (κ3) is 3.87. The topological polar surface area (TPSA) is 54.5 Å². The molecule has 5 nitrogen and oxygen atoms in total. The number of hydrogen-bond acceptors (Lipinski definition) is 4. The number of nitrogens with one attached hydrogen (secondary N) is 1. The summed E-state index contributed by atoms with van der Waals surface area (Å²) in [4.78, 5) is 18.8. The van der Waals surface area contributed by atoms with Crippen LogP contribution < -0.4 is 10.1 Å². The van der Waals surface area contributed by atoms with Gasteiger partial charge in [-0.1, -0.05) is 0 Å². The monoisotopic (exact) mass is 389 g/mol. The SMILES string of the molecule is COc1ccc(Nc2ncc(C(=O)N3CCCCC3)cc2Br)cc1. The molecule has 2 aromatic rings. The van der Waals surface area contributed by atoms with Crippen LogP contribution in [0.2, 0.25) is 0 Å². The molecular formula is C18H20BrN3O2. The second kappa shape index (κ2) is 7.66. The molecule has 0 atom stereocenters. The minimum Gasteiger partial charge on any atom is -0.497 e. The van der Waals surface area contributed by atoms with Crippen LogP contribution in [0.15, 0.2) is 41.0 Å². The number of rotatable bonds is 4. The number of anilines is 2. The molecule has 0 unspecified atom stereocenters. The second-order valence-electron chi connectivity index (χ2n) is 5.76. The molecule has 2 heterocycles. The van der Waals surface area contributed by atoms with E-state index in [4.69, 9.17) is 4.74 Å². The van der Waals surface area contributed by atoms with E-state index in [1.165, 1.54) is 6.42 Å². The van der Waals surface area contributed by atoms with Crippen molar-refractivity contribution in [2.24, 2.45) is 0 Å². The molecule has 126 valence electrons. The molecule has 1 saturated heterocycles. The molecule has 0 aliphatic carbocycles. The number of halogens is 1. The number of hydrogen-bond donors (Lipinski definition) is 1. The van der Waals surface area contributed by atoms with Crippen molar-refractivity contribution in [3.05, 3.63) is 46.6 Å². The first-order valence-electron chi connectivity index (χ1n) is 8.03. The van der Waals surface area contributed by atoms with Gasteiger partial charge in [-0.05, 0) is 65.5 Å². The Morgan fingerprint density at radius 2 is 1.92 bits per heavy atom. The molecule has 1 N–H and O–H groups in total. The zero-order chi connectivity index (χ0) is 16.9. The van der Waals surface area contributed by atoms with Crippen LogP contribution in [-0.4, -0.2) is 36.0 Å². The lowest BCUT2D eigenvalue weighted by atomic mass is 10.1. The summed E-state index contributed by atoms with van der Waals surface area (Å²) in [5.74, 6) is 1.53. The predicted octanol–water partition coefficient (Wildman–Crippen LogP) is 4.22. The van der Waals surface area contributed by atoms with Crippen molar-refractivity contribution in [1.82, 2.24) is 9.88 Å². The molecule has 0 spiro atoms. The van der Waals surface area contributed by atoms with Crippen LogP contribution >= 0.6 is 15.9 Å². The van der Waals surface area contributed by atoms with E-state index in [1.807, 2.05) is 35.2 Å². The number of amides is 1. The predicted molar refractivity (Wildman–Crippen MR) is 98.0 cm³/mol. The van der Waals surface area contributed by atoms with Gasteiger partial charge in [0.2, 0.25) is 0 Å². The molecule has 0 bridgehead atoms. The third-order valence-corrected chi connectivity index (χ3v) is 4.69. The highest BCUT2D eigenvalue weighted by Crippen LogP contribution is 2.26. The zero-order valence-corrected chi connectivity index (χ0v) is 15.2. The highest BCUT2D eigenvalue weighted by atomic mass is 79.9. The number of piperidine rings is 1. The summed E-state index contributed by atoms with van der Waals surface area (Å²) in [7, 11) is 1.64. The zero-order valence-electron chi connectivity index (χ0n) is 13.6. The Kier molecular flexibility index (Phi) is 5.35. The van der Waals surface area contributed by atoms with Crippen molar-refractivity contribution in [3.63, 3.8) is 0 Å². The Labute approximate surface area is 150 Å². The minimum absolute atomic E-state index is 0.0545. The maximum atomic E-state index is 12.5. The molecule has 1 aliphatic rings. The Balaban J connectivity index is 1.72. The minimum atomic E-state index is 0.0545. The largest absolute Gasteiger partial charge is 0.497 e. The lowest BCUT2D eigenvalue weighted by Gasteiger charge is -2.26. The number of pyridine rings is 1. The standard InChI is InChI=1S/C18H20BrN3O2/c1-24-15-7-5-14(6-8-15)21-17-16(19)11-13(12-20-17)18(23)22-9-3-2-4-10-22/h5-8,11-12H,2-4,9-10H2,1H3,(H,20,21). The number of nitrogens with zero attached hydrogens (tertiary/aromatic N) is 2. The number of methoxy groups -OCH3 is 1. The maximum absolute atomic E-state index is 12.5. The molecule has 1 amide bonds. The van der Waals surface area contributed by atoms with E-state index >= 15 is 0 Å². The first-order valence-corrected chi connectivity index (χ1v) is 8.82. The van der Waals surface area contributed by atoms with Crippen LogP contribution in [0.25, 0.3) is 0 Å². The average Bonchev–Trinajstić information content (AvgIpc) is 2.64. The Morgan fingerprint density at radius 3 is 2.54 bits per heavy atom. The molecule has 1 aromatic carbocycles. The van der Waals surface area contributed by atoms with Gasteiger partial charge in [0.1, 0.15) is 11.6 Å². The van der Waals surface area contributed by atoms with Crippen molar-refractivity contribution in [1.29, 1.82) is 0 Å². The average molecular weight is 390 g/mol. The van der Waals surface area contributed by atoms with Crippen molar-refractivity contribution in [3.8, 4) is 5.75 Å². The number of likely N-dealkylation sites (tertiary alicyclic amines) is 1. The molecule has 24 heavy (non-hydrogen) atoms. The smallest absolute Gasteiger partial charge is 0.255 e. The van der Waals surface area contributed by atoms with E-state index in [2.05, 4.69) is 26.2 Å². The van der Waals surface area contributed by atoms with Gasteiger partial charge in [0.05, 0.1) is 17.1 Å². The molecular weight excluding hydrogens is 370 g/mol. The molecule has 1 aliphatic heterocycles. The summed E-state index contributed by atoms with van der Waals surface area (Å²) in [5.41, 5.74) is 1.52. The Hall–Kier alpha value is -2.08. The van der Waals surface area contributed by atoms with Gasteiger partial charge in [-0.2, -0.15) is 0 Å². The van der Waals surface area contributed by atoms with Crippen LogP contribution in [0.5, 0.6) is 5.75 Å². The third-order valence-electron chi connectivity index (χ3n) is 4.08. The first kappa shape index (κ1) is 16.8. The van der Waals surface area contributed by atoms with Gasteiger partial charge >= 0.3 is 0 Å². The molecule has 0 saturated carbocycles. The number of carbonyl (C=O) groups is 1. The van der Waals surface area contributed by atoms with E-state index in [0.29, 0.717) is 11.4 Å². The summed E-state index contributed by atoms with van der Waals surface area (Å²) in [6.07, 6.45) is 5.00. The fourth-order valence-electron chi connectivity index (χ4n) is 2.74. The molecule has 1 aromatic heterocycles.